The summed E-state index contributed by atoms with van der Waals surface area (Å²) < 4.78 is 14.7. The van der Waals surface area contributed by atoms with Crippen LogP contribution in [0.1, 0.15) is 32.1 Å². The molecule has 1 N–H and O–H groups in total. The highest BCUT2D eigenvalue weighted by Gasteiger charge is 2.14. The second-order valence-corrected chi connectivity index (χ2v) is 6.60. The fourth-order valence-corrected chi connectivity index (χ4v) is 1.98. The van der Waals surface area contributed by atoms with Crippen molar-refractivity contribution in [1.82, 2.24) is 5.16 Å². The summed E-state index contributed by atoms with van der Waals surface area (Å²) in [5.74, 6) is -0.328. The zero-order valence-corrected chi connectivity index (χ0v) is 14.8. The van der Waals surface area contributed by atoms with Crippen LogP contribution in [0.15, 0.2) is 34.9 Å². The summed E-state index contributed by atoms with van der Waals surface area (Å²) in [5, 5.41) is 6.25. The van der Waals surface area contributed by atoms with Crippen LogP contribution in [0.2, 0.25) is 0 Å². The monoisotopic (exact) mass is 346 g/mol. The number of hydrogen-bond donors (Lipinski definition) is 1. The van der Waals surface area contributed by atoms with Crippen LogP contribution in [-0.2, 0) is 19.7 Å². The third kappa shape index (κ3) is 5.95. The van der Waals surface area contributed by atoms with Gasteiger partial charge < -0.3 is 19.3 Å². The standard InChI is InChI=1S/C18H22N2O5/c1-12-9-16(20-25-12)23-11-17(22)24-10-15(21)19-14-7-5-13(6-8-14)18(2,3)4/h5-9H,10-11H2,1-4H3,(H,19,21). The average molecular weight is 346 g/mol. The molecular weight excluding hydrogens is 324 g/mol. The van der Waals surface area contributed by atoms with Gasteiger partial charge in [-0.25, -0.2) is 4.79 Å². The molecule has 1 aromatic carbocycles. The molecule has 1 amide bonds. The van der Waals surface area contributed by atoms with Gasteiger partial charge >= 0.3 is 5.97 Å². The second kappa shape index (κ2) is 7.83. The average Bonchev–Trinajstić information content (AvgIpc) is 2.96. The lowest BCUT2D eigenvalue weighted by Crippen LogP contribution is -2.23. The number of hydrogen-bond acceptors (Lipinski definition) is 6. The van der Waals surface area contributed by atoms with Crippen molar-refractivity contribution in [1.29, 1.82) is 0 Å². The van der Waals surface area contributed by atoms with E-state index in [-0.39, 0.29) is 24.5 Å². The van der Waals surface area contributed by atoms with E-state index in [1.54, 1.807) is 13.0 Å². The molecule has 2 rings (SSSR count). The van der Waals surface area contributed by atoms with Crippen LogP contribution < -0.4 is 10.1 Å². The Kier molecular flexibility index (Phi) is 5.80. The molecule has 0 bridgehead atoms. The van der Waals surface area contributed by atoms with Crippen molar-refractivity contribution >= 4 is 17.6 Å². The highest BCUT2D eigenvalue weighted by molar-refractivity contribution is 5.92. The molecule has 0 spiro atoms. The van der Waals surface area contributed by atoms with Crippen molar-refractivity contribution in [3.8, 4) is 5.88 Å². The van der Waals surface area contributed by atoms with Crippen LogP contribution in [0.3, 0.4) is 0 Å². The molecule has 134 valence electrons. The lowest BCUT2D eigenvalue weighted by atomic mass is 9.87. The zero-order valence-electron chi connectivity index (χ0n) is 14.8. The van der Waals surface area contributed by atoms with Gasteiger partial charge in [0.25, 0.3) is 11.8 Å². The van der Waals surface area contributed by atoms with E-state index in [0.29, 0.717) is 11.4 Å². The molecule has 0 saturated heterocycles. The van der Waals surface area contributed by atoms with Gasteiger partial charge in [0.05, 0.1) is 0 Å². The Balaban J connectivity index is 1.73. The van der Waals surface area contributed by atoms with Crippen molar-refractivity contribution in [2.45, 2.75) is 33.1 Å². The summed E-state index contributed by atoms with van der Waals surface area (Å²) in [5.41, 5.74) is 1.85. The minimum absolute atomic E-state index is 0.0421. The Bertz CT molecular complexity index is 729. The third-order valence-corrected chi connectivity index (χ3v) is 3.34. The molecule has 0 saturated carbocycles. The number of nitrogens with one attached hydrogen (secondary N) is 1. The Hall–Kier alpha value is -2.83. The SMILES string of the molecule is Cc1cc(OCC(=O)OCC(=O)Nc2ccc(C(C)(C)C)cc2)no1. The molecule has 2 aromatic rings. The summed E-state index contributed by atoms with van der Waals surface area (Å²) in [7, 11) is 0. The Morgan fingerprint density at radius 3 is 2.40 bits per heavy atom. The van der Waals surface area contributed by atoms with Gasteiger partial charge in [-0.1, -0.05) is 32.9 Å². The molecule has 0 aliphatic carbocycles. The van der Waals surface area contributed by atoms with Crippen LogP contribution in [0.25, 0.3) is 0 Å². The van der Waals surface area contributed by atoms with E-state index in [2.05, 4.69) is 31.2 Å². The summed E-state index contributed by atoms with van der Waals surface area (Å²) in [6.45, 7) is 7.31. The van der Waals surface area contributed by atoms with E-state index in [1.807, 2.05) is 24.3 Å². The van der Waals surface area contributed by atoms with Crippen molar-refractivity contribution in [2.24, 2.45) is 0 Å². The molecule has 0 radical (unpaired) electrons. The molecule has 0 atom stereocenters. The molecular formula is C18H22N2O5. The van der Waals surface area contributed by atoms with Gasteiger partial charge in [0.1, 0.15) is 5.76 Å². The maximum absolute atomic E-state index is 11.8. The molecule has 7 nitrogen and oxygen atoms in total. The fourth-order valence-electron chi connectivity index (χ4n) is 1.98. The van der Waals surface area contributed by atoms with Crippen molar-refractivity contribution in [3.63, 3.8) is 0 Å². The number of anilines is 1. The van der Waals surface area contributed by atoms with Crippen LogP contribution in [0.4, 0.5) is 5.69 Å². The van der Waals surface area contributed by atoms with E-state index in [0.717, 1.165) is 5.56 Å². The van der Waals surface area contributed by atoms with Gasteiger partial charge in [-0.15, -0.1) is 0 Å². The first-order chi connectivity index (χ1) is 11.7. The quantitative estimate of drug-likeness (QED) is 0.809. The van der Waals surface area contributed by atoms with Crippen molar-refractivity contribution < 1.29 is 23.6 Å². The topological polar surface area (TPSA) is 90.7 Å². The summed E-state index contributed by atoms with van der Waals surface area (Å²) in [6.07, 6.45) is 0. The first-order valence-electron chi connectivity index (χ1n) is 7.86. The zero-order chi connectivity index (χ0) is 18.4. The number of ether oxygens (including phenoxy) is 2. The highest BCUT2D eigenvalue weighted by Crippen LogP contribution is 2.23. The minimum atomic E-state index is -0.668. The lowest BCUT2D eigenvalue weighted by Gasteiger charge is -2.19. The lowest BCUT2D eigenvalue weighted by molar-refractivity contribution is -0.149. The summed E-state index contributed by atoms with van der Waals surface area (Å²) in [4.78, 5) is 23.4. The van der Waals surface area contributed by atoms with E-state index >= 15 is 0 Å². The van der Waals surface area contributed by atoms with E-state index < -0.39 is 11.9 Å². The molecule has 7 heteroatoms. The van der Waals surface area contributed by atoms with Crippen molar-refractivity contribution in [2.75, 3.05) is 18.5 Å². The number of nitrogens with zero attached hydrogens (tertiary/aromatic N) is 1. The third-order valence-electron chi connectivity index (χ3n) is 3.34. The first-order valence-corrected chi connectivity index (χ1v) is 7.86. The maximum atomic E-state index is 11.8. The number of benzene rings is 1. The molecule has 0 aliphatic rings. The van der Waals surface area contributed by atoms with E-state index in [1.165, 1.54) is 0 Å². The largest absolute Gasteiger partial charge is 0.463 e. The predicted molar refractivity (Wildman–Crippen MR) is 91.5 cm³/mol. The Labute approximate surface area is 146 Å². The van der Waals surface area contributed by atoms with Gasteiger partial charge in [0.2, 0.25) is 0 Å². The Morgan fingerprint density at radius 1 is 1.16 bits per heavy atom. The molecule has 0 unspecified atom stereocenters. The smallest absolute Gasteiger partial charge is 0.344 e. The molecule has 25 heavy (non-hydrogen) atoms. The number of esters is 1. The molecule has 1 heterocycles. The number of rotatable bonds is 6. The Morgan fingerprint density at radius 2 is 1.84 bits per heavy atom. The second-order valence-electron chi connectivity index (χ2n) is 6.60. The summed E-state index contributed by atoms with van der Waals surface area (Å²) >= 11 is 0. The molecule has 1 aromatic heterocycles. The maximum Gasteiger partial charge on any atom is 0.344 e. The normalized spacial score (nSPS) is 11.0. The summed E-state index contributed by atoms with van der Waals surface area (Å²) in [6, 6.07) is 9.08. The fraction of sp³-hybridized carbons (Fsp3) is 0.389. The van der Waals surface area contributed by atoms with E-state index in [9.17, 15) is 9.59 Å². The molecule has 0 aliphatic heterocycles. The van der Waals surface area contributed by atoms with Gasteiger partial charge in [-0.2, -0.15) is 0 Å². The van der Waals surface area contributed by atoms with Gasteiger partial charge in [0.15, 0.2) is 13.2 Å². The predicted octanol–water partition coefficient (Wildman–Crippen LogP) is 2.84. The number of aromatic nitrogens is 1. The van der Waals surface area contributed by atoms with Crippen LogP contribution >= 0.6 is 0 Å². The van der Waals surface area contributed by atoms with Crippen LogP contribution in [0, 0.1) is 6.92 Å². The van der Waals surface area contributed by atoms with Gasteiger partial charge in [-0.05, 0) is 35.2 Å². The number of aryl methyl sites for hydroxylation is 1. The first kappa shape index (κ1) is 18.5. The number of carbonyl (C=O) groups excluding carboxylic acids is 2. The van der Waals surface area contributed by atoms with Gasteiger partial charge in [-0.3, -0.25) is 4.79 Å². The van der Waals surface area contributed by atoms with Crippen LogP contribution in [0.5, 0.6) is 5.88 Å². The van der Waals surface area contributed by atoms with Crippen LogP contribution in [-0.4, -0.2) is 30.2 Å². The minimum Gasteiger partial charge on any atom is -0.463 e. The van der Waals surface area contributed by atoms with E-state index in [4.69, 9.17) is 14.0 Å². The number of amides is 1. The highest BCUT2D eigenvalue weighted by atomic mass is 16.6. The molecule has 0 fully saturated rings. The number of carbonyl (C=O) groups is 2. The van der Waals surface area contributed by atoms with Gasteiger partial charge in [0, 0.05) is 11.8 Å². The van der Waals surface area contributed by atoms with Crippen molar-refractivity contribution in [3.05, 3.63) is 41.7 Å².